The van der Waals surface area contributed by atoms with E-state index in [1.54, 1.807) is 23.6 Å². The molecule has 0 aliphatic carbocycles. The van der Waals surface area contributed by atoms with E-state index in [0.717, 1.165) is 0 Å². The van der Waals surface area contributed by atoms with Crippen LogP contribution in [0.3, 0.4) is 0 Å². The minimum Gasteiger partial charge on any atom is -0.480 e. The minimum atomic E-state index is -0.902. The van der Waals surface area contributed by atoms with Crippen molar-refractivity contribution in [2.75, 3.05) is 5.75 Å². The number of thioether (sulfide) groups is 1. The van der Waals surface area contributed by atoms with Crippen LogP contribution >= 0.6 is 11.8 Å². The van der Waals surface area contributed by atoms with Crippen LogP contribution in [0.2, 0.25) is 0 Å². The molecule has 1 N–H and O–H groups in total. The lowest BCUT2D eigenvalue weighted by Crippen LogP contribution is -2.49. The summed E-state index contributed by atoms with van der Waals surface area (Å²) in [5.41, 5.74) is -0.0975. The zero-order valence-corrected chi connectivity index (χ0v) is 11.0. The molecular weight excluding hydrogens is 226 g/mol. The van der Waals surface area contributed by atoms with Crippen LogP contribution in [0.5, 0.6) is 0 Å². The Kier molecular flexibility index (Phi) is 3.88. The number of carboxylic acids is 1. The van der Waals surface area contributed by atoms with Gasteiger partial charge >= 0.3 is 5.97 Å². The van der Waals surface area contributed by atoms with Gasteiger partial charge in [0.05, 0.1) is 5.37 Å². The van der Waals surface area contributed by atoms with Crippen molar-refractivity contribution in [1.29, 1.82) is 0 Å². The molecule has 0 aromatic heterocycles. The average Bonchev–Trinajstić information content (AvgIpc) is 2.59. The summed E-state index contributed by atoms with van der Waals surface area (Å²) in [7, 11) is 0. The fourth-order valence-electron chi connectivity index (χ4n) is 1.85. The van der Waals surface area contributed by atoms with Gasteiger partial charge in [0.25, 0.3) is 0 Å². The highest BCUT2D eigenvalue weighted by molar-refractivity contribution is 8.00. The third kappa shape index (κ3) is 2.51. The summed E-state index contributed by atoms with van der Waals surface area (Å²) in [6, 6.07) is -0.665. The molecule has 2 unspecified atom stereocenters. The number of amides is 1. The number of rotatable bonds is 2. The average molecular weight is 245 g/mol. The van der Waals surface area contributed by atoms with Gasteiger partial charge in [0.2, 0.25) is 5.91 Å². The van der Waals surface area contributed by atoms with E-state index < -0.39 is 12.0 Å². The molecular formula is C11H19NO3S. The zero-order chi connectivity index (χ0) is 12.5. The molecule has 1 heterocycles. The van der Waals surface area contributed by atoms with Gasteiger partial charge in [-0.2, -0.15) is 0 Å². The summed E-state index contributed by atoms with van der Waals surface area (Å²) in [6.45, 7) is 7.87. The van der Waals surface area contributed by atoms with E-state index in [1.807, 2.05) is 20.8 Å². The van der Waals surface area contributed by atoms with E-state index in [1.165, 1.54) is 0 Å². The molecule has 2 atom stereocenters. The third-order valence-electron chi connectivity index (χ3n) is 2.62. The SMILES string of the molecule is CCC(=O)N1C(C(=O)O)CSC1C(C)(C)C. The van der Waals surface area contributed by atoms with Crippen LogP contribution in [0, 0.1) is 5.41 Å². The molecule has 16 heavy (non-hydrogen) atoms. The summed E-state index contributed by atoms with van der Waals surface area (Å²) in [6.07, 6.45) is 0.358. The van der Waals surface area contributed by atoms with E-state index in [9.17, 15) is 9.59 Å². The van der Waals surface area contributed by atoms with Crippen LogP contribution < -0.4 is 0 Å². The van der Waals surface area contributed by atoms with Gasteiger partial charge in [-0.1, -0.05) is 27.7 Å². The second kappa shape index (κ2) is 4.65. The minimum absolute atomic E-state index is 0.0407. The molecule has 92 valence electrons. The molecule has 1 fully saturated rings. The topological polar surface area (TPSA) is 57.6 Å². The standard InChI is InChI=1S/C11H19NO3S/c1-5-8(13)12-7(9(14)15)6-16-10(12)11(2,3)4/h7,10H,5-6H2,1-4H3,(H,14,15). The molecule has 0 spiro atoms. The maximum atomic E-state index is 11.8. The maximum absolute atomic E-state index is 11.8. The first-order valence-electron chi connectivity index (χ1n) is 5.44. The summed E-state index contributed by atoms with van der Waals surface area (Å²) < 4.78 is 0. The molecule has 4 nitrogen and oxygen atoms in total. The van der Waals surface area contributed by atoms with Crippen molar-refractivity contribution in [2.45, 2.75) is 45.5 Å². The molecule has 1 amide bonds. The Morgan fingerprint density at radius 2 is 2.00 bits per heavy atom. The normalized spacial score (nSPS) is 25.9. The quantitative estimate of drug-likeness (QED) is 0.806. The molecule has 5 heteroatoms. The van der Waals surface area contributed by atoms with Crippen molar-refractivity contribution in [3.8, 4) is 0 Å². The van der Waals surface area contributed by atoms with E-state index in [2.05, 4.69) is 0 Å². The molecule has 0 radical (unpaired) electrons. The first-order valence-corrected chi connectivity index (χ1v) is 6.49. The lowest BCUT2D eigenvalue weighted by Gasteiger charge is -2.35. The van der Waals surface area contributed by atoms with Crippen molar-refractivity contribution in [3.63, 3.8) is 0 Å². The van der Waals surface area contributed by atoms with Crippen molar-refractivity contribution >= 4 is 23.6 Å². The van der Waals surface area contributed by atoms with Crippen molar-refractivity contribution in [3.05, 3.63) is 0 Å². The largest absolute Gasteiger partial charge is 0.480 e. The van der Waals surface area contributed by atoms with Crippen molar-refractivity contribution in [1.82, 2.24) is 4.90 Å². The Labute approximate surface area is 100 Å². The Balaban J connectivity index is 2.97. The lowest BCUT2D eigenvalue weighted by molar-refractivity contribution is -0.150. The van der Waals surface area contributed by atoms with Crippen LogP contribution in [0.15, 0.2) is 0 Å². The highest BCUT2D eigenvalue weighted by Gasteiger charge is 2.45. The van der Waals surface area contributed by atoms with E-state index in [4.69, 9.17) is 5.11 Å². The van der Waals surface area contributed by atoms with Gasteiger partial charge in [-0.25, -0.2) is 4.79 Å². The molecule has 0 aromatic rings. The van der Waals surface area contributed by atoms with Crippen LogP contribution in [0.25, 0.3) is 0 Å². The van der Waals surface area contributed by atoms with Crippen LogP contribution in [0.4, 0.5) is 0 Å². The van der Waals surface area contributed by atoms with E-state index >= 15 is 0 Å². The highest BCUT2D eigenvalue weighted by atomic mass is 32.2. The monoisotopic (exact) mass is 245 g/mol. The third-order valence-corrected chi connectivity index (χ3v) is 4.37. The summed E-state index contributed by atoms with van der Waals surface area (Å²) in [5.74, 6) is -0.485. The molecule has 0 bridgehead atoms. The van der Waals surface area contributed by atoms with Gasteiger partial charge in [0.1, 0.15) is 6.04 Å². The van der Waals surface area contributed by atoms with Gasteiger partial charge in [-0.05, 0) is 5.41 Å². The molecule has 1 aliphatic rings. The summed E-state index contributed by atoms with van der Waals surface area (Å²) >= 11 is 1.56. The molecule has 1 rings (SSSR count). The number of carbonyl (C=O) groups is 2. The molecule has 0 saturated carbocycles. The number of hydrogen-bond acceptors (Lipinski definition) is 3. The van der Waals surface area contributed by atoms with Crippen LogP contribution in [0.1, 0.15) is 34.1 Å². The predicted molar refractivity (Wildman–Crippen MR) is 64.3 cm³/mol. The second-order valence-electron chi connectivity index (χ2n) is 5.06. The number of hydrogen-bond donors (Lipinski definition) is 1. The Hall–Kier alpha value is -0.710. The highest BCUT2D eigenvalue weighted by Crippen LogP contribution is 2.40. The lowest BCUT2D eigenvalue weighted by atomic mass is 9.94. The molecule has 0 aromatic carbocycles. The fraction of sp³-hybridized carbons (Fsp3) is 0.818. The Morgan fingerprint density at radius 3 is 2.38 bits per heavy atom. The molecule has 1 saturated heterocycles. The second-order valence-corrected chi connectivity index (χ2v) is 6.17. The number of aliphatic carboxylic acids is 1. The summed E-state index contributed by atoms with van der Waals surface area (Å²) in [4.78, 5) is 24.5. The van der Waals surface area contributed by atoms with Gasteiger partial charge in [0.15, 0.2) is 0 Å². The van der Waals surface area contributed by atoms with Crippen molar-refractivity contribution in [2.24, 2.45) is 5.41 Å². The fourth-order valence-corrected chi connectivity index (χ4v) is 3.44. The van der Waals surface area contributed by atoms with Gasteiger partial charge in [-0.3, -0.25) is 4.79 Å². The Morgan fingerprint density at radius 1 is 1.44 bits per heavy atom. The molecule has 1 aliphatic heterocycles. The van der Waals surface area contributed by atoms with E-state index in [-0.39, 0.29) is 16.7 Å². The van der Waals surface area contributed by atoms with Gasteiger partial charge in [-0.15, -0.1) is 11.8 Å². The van der Waals surface area contributed by atoms with Crippen LogP contribution in [-0.2, 0) is 9.59 Å². The number of carboxylic acid groups (broad SMARTS) is 1. The predicted octanol–water partition coefficient (Wildman–Crippen LogP) is 1.80. The van der Waals surface area contributed by atoms with E-state index in [0.29, 0.717) is 12.2 Å². The van der Waals surface area contributed by atoms with Crippen LogP contribution in [-0.4, -0.2) is 39.1 Å². The maximum Gasteiger partial charge on any atom is 0.327 e. The zero-order valence-electron chi connectivity index (χ0n) is 10.2. The van der Waals surface area contributed by atoms with Crippen molar-refractivity contribution < 1.29 is 14.7 Å². The first-order chi connectivity index (χ1) is 7.29. The smallest absolute Gasteiger partial charge is 0.327 e. The Bertz CT molecular complexity index is 298. The first kappa shape index (κ1) is 13.4. The van der Waals surface area contributed by atoms with Gasteiger partial charge < -0.3 is 10.0 Å². The van der Waals surface area contributed by atoms with Gasteiger partial charge in [0, 0.05) is 12.2 Å². The number of carbonyl (C=O) groups excluding carboxylic acids is 1. The summed E-state index contributed by atoms with van der Waals surface area (Å²) in [5, 5.41) is 9.06. The number of nitrogens with zero attached hydrogens (tertiary/aromatic N) is 1.